The monoisotopic (exact) mass is 275 g/mol. The molecule has 0 amide bonds. The Balaban J connectivity index is 2.54. The topological polar surface area (TPSA) is 116 Å². The highest BCUT2D eigenvalue weighted by Gasteiger charge is 2.07. The van der Waals surface area contributed by atoms with Gasteiger partial charge in [0.15, 0.2) is 11.0 Å². The van der Waals surface area contributed by atoms with E-state index in [1.165, 1.54) is 6.07 Å². The van der Waals surface area contributed by atoms with Crippen LogP contribution in [0, 0.1) is 40.9 Å². The van der Waals surface area contributed by atoms with Crippen LogP contribution in [0.25, 0.3) is 10.9 Å². The predicted molar refractivity (Wildman–Crippen MR) is 76.8 cm³/mol. The fourth-order valence-electron chi connectivity index (χ4n) is 1.89. The molecule has 2 aromatic rings. The van der Waals surface area contributed by atoms with Crippen LogP contribution in [0.15, 0.2) is 40.3 Å². The molecular weight excluding hydrogens is 266 g/mol. The van der Waals surface area contributed by atoms with Crippen LogP contribution < -0.4 is 10.7 Å². The van der Waals surface area contributed by atoms with E-state index >= 15 is 0 Å². The molecule has 0 aliphatic heterocycles. The number of hydrogen-bond acceptors (Lipinski definition) is 5. The zero-order chi connectivity index (χ0) is 15.4. The third-order valence-corrected chi connectivity index (χ3v) is 2.82. The molecule has 0 aliphatic carbocycles. The first-order valence-electron chi connectivity index (χ1n) is 5.94. The average Bonchev–Trinajstić information content (AvgIpc) is 2.47. The van der Waals surface area contributed by atoms with Crippen LogP contribution in [0.5, 0.6) is 0 Å². The summed E-state index contributed by atoms with van der Waals surface area (Å²) in [5, 5.41) is 29.7. The van der Waals surface area contributed by atoms with Crippen molar-refractivity contribution in [2.45, 2.75) is 6.92 Å². The first-order chi connectivity index (χ1) is 10.1. The SMILES string of the molecule is Cc1cc(=O)c2cc(NC(C#N)=C(C#N)C#N)ccc2[nH]1. The molecule has 0 saturated carbocycles. The molecule has 1 aromatic heterocycles. The molecule has 0 bridgehead atoms. The molecule has 1 aromatic carbocycles. The number of H-pyrrole nitrogens is 1. The third-order valence-electron chi connectivity index (χ3n) is 2.82. The molecule has 2 N–H and O–H groups in total. The zero-order valence-electron chi connectivity index (χ0n) is 11.1. The van der Waals surface area contributed by atoms with Gasteiger partial charge in [0.05, 0.1) is 0 Å². The number of aryl methyl sites for hydroxylation is 1. The van der Waals surface area contributed by atoms with Gasteiger partial charge in [-0.2, -0.15) is 15.8 Å². The maximum Gasteiger partial charge on any atom is 0.189 e. The molecule has 2 rings (SSSR count). The van der Waals surface area contributed by atoms with Crippen LogP contribution in [0.3, 0.4) is 0 Å². The van der Waals surface area contributed by atoms with E-state index in [0.717, 1.165) is 5.69 Å². The van der Waals surface area contributed by atoms with Crippen LogP contribution in [0.2, 0.25) is 0 Å². The van der Waals surface area contributed by atoms with Gasteiger partial charge in [-0.05, 0) is 25.1 Å². The summed E-state index contributed by atoms with van der Waals surface area (Å²) in [6.07, 6.45) is 0. The van der Waals surface area contributed by atoms with Gasteiger partial charge in [0.25, 0.3) is 0 Å². The van der Waals surface area contributed by atoms with Crippen LogP contribution in [0.4, 0.5) is 5.69 Å². The Labute approximate surface area is 120 Å². The molecule has 0 unspecified atom stereocenters. The van der Waals surface area contributed by atoms with Gasteiger partial charge in [0.2, 0.25) is 0 Å². The Morgan fingerprint density at radius 1 is 1.14 bits per heavy atom. The number of allylic oxidation sites excluding steroid dienone is 2. The van der Waals surface area contributed by atoms with Crippen LogP contribution >= 0.6 is 0 Å². The van der Waals surface area contributed by atoms with E-state index < -0.39 is 0 Å². The smallest absolute Gasteiger partial charge is 0.189 e. The summed E-state index contributed by atoms with van der Waals surface area (Å²) >= 11 is 0. The quantitative estimate of drug-likeness (QED) is 0.814. The maximum absolute atomic E-state index is 11.9. The predicted octanol–water partition coefficient (Wildman–Crippen LogP) is 2.07. The number of fused-ring (bicyclic) bond motifs is 1. The lowest BCUT2D eigenvalue weighted by Crippen LogP contribution is -2.05. The van der Waals surface area contributed by atoms with Gasteiger partial charge in [-0.3, -0.25) is 4.79 Å². The highest BCUT2D eigenvalue weighted by molar-refractivity contribution is 5.83. The molecular formula is C15H9N5O. The number of aromatic nitrogens is 1. The minimum atomic E-state index is -0.310. The number of nitrogens with zero attached hydrogens (tertiary/aromatic N) is 3. The highest BCUT2D eigenvalue weighted by Crippen LogP contribution is 2.17. The van der Waals surface area contributed by atoms with E-state index in [2.05, 4.69) is 10.3 Å². The van der Waals surface area contributed by atoms with Crippen molar-refractivity contribution in [3.8, 4) is 18.2 Å². The number of benzene rings is 1. The molecule has 0 atom stereocenters. The second-order valence-corrected chi connectivity index (χ2v) is 4.29. The summed E-state index contributed by atoms with van der Waals surface area (Å²) in [5.41, 5.74) is 1.28. The van der Waals surface area contributed by atoms with Crippen molar-refractivity contribution in [2.75, 3.05) is 5.32 Å². The van der Waals surface area contributed by atoms with Gasteiger partial charge < -0.3 is 10.3 Å². The molecule has 0 aliphatic rings. The van der Waals surface area contributed by atoms with Crippen LogP contribution in [0.1, 0.15) is 5.69 Å². The number of anilines is 1. The molecule has 100 valence electrons. The van der Waals surface area contributed by atoms with Crippen LogP contribution in [-0.4, -0.2) is 4.98 Å². The summed E-state index contributed by atoms with van der Waals surface area (Å²) in [4.78, 5) is 15.0. The van der Waals surface area contributed by atoms with E-state index in [9.17, 15) is 4.79 Å². The maximum atomic E-state index is 11.9. The highest BCUT2D eigenvalue weighted by atomic mass is 16.1. The molecule has 0 spiro atoms. The van der Waals surface area contributed by atoms with E-state index in [4.69, 9.17) is 15.8 Å². The van der Waals surface area contributed by atoms with Crippen molar-refractivity contribution in [3.63, 3.8) is 0 Å². The Bertz CT molecular complexity index is 916. The zero-order valence-corrected chi connectivity index (χ0v) is 11.1. The third kappa shape index (κ3) is 2.73. The first-order valence-corrected chi connectivity index (χ1v) is 5.94. The van der Waals surface area contributed by atoms with Crippen molar-refractivity contribution in [3.05, 3.63) is 51.5 Å². The molecule has 0 fully saturated rings. The normalized spacial score (nSPS) is 9.24. The average molecular weight is 275 g/mol. The second kappa shape index (κ2) is 5.61. The van der Waals surface area contributed by atoms with Gasteiger partial charge >= 0.3 is 0 Å². The summed E-state index contributed by atoms with van der Waals surface area (Å²) in [5.74, 6) is 0. The largest absolute Gasteiger partial charge is 0.358 e. The van der Waals surface area contributed by atoms with E-state index in [0.29, 0.717) is 16.6 Å². The Morgan fingerprint density at radius 2 is 1.86 bits per heavy atom. The van der Waals surface area contributed by atoms with Crippen molar-refractivity contribution >= 4 is 16.6 Å². The minimum absolute atomic E-state index is 0.145. The molecule has 0 radical (unpaired) electrons. The lowest BCUT2D eigenvalue weighted by Gasteiger charge is -2.06. The standard InChI is InChI=1S/C15H9N5O/c1-9-4-15(21)12-5-11(2-3-13(12)19-9)20-14(8-18)10(6-16)7-17/h2-5,20H,1H3,(H,19,21). The summed E-state index contributed by atoms with van der Waals surface area (Å²) in [6.45, 7) is 1.79. The molecule has 21 heavy (non-hydrogen) atoms. The number of hydrogen-bond donors (Lipinski definition) is 2. The Hall–Kier alpha value is -3.56. The van der Waals surface area contributed by atoms with E-state index in [1.807, 2.05) is 0 Å². The fraction of sp³-hybridized carbons (Fsp3) is 0.0667. The number of aromatic amines is 1. The van der Waals surface area contributed by atoms with Gasteiger partial charge in [-0.25, -0.2) is 0 Å². The van der Waals surface area contributed by atoms with Crippen molar-refractivity contribution in [1.82, 2.24) is 4.98 Å². The second-order valence-electron chi connectivity index (χ2n) is 4.29. The summed E-state index contributed by atoms with van der Waals surface area (Å²) in [7, 11) is 0. The van der Waals surface area contributed by atoms with E-state index in [-0.39, 0.29) is 16.7 Å². The lowest BCUT2D eigenvalue weighted by molar-refractivity contribution is 1.24. The Kier molecular flexibility index (Phi) is 3.70. The van der Waals surface area contributed by atoms with Gasteiger partial charge in [0.1, 0.15) is 23.9 Å². The van der Waals surface area contributed by atoms with Gasteiger partial charge in [-0.1, -0.05) is 0 Å². The summed E-state index contributed by atoms with van der Waals surface area (Å²) in [6, 6.07) is 11.4. The van der Waals surface area contributed by atoms with Crippen molar-refractivity contribution in [1.29, 1.82) is 15.8 Å². The Morgan fingerprint density at radius 3 is 2.48 bits per heavy atom. The molecule has 1 heterocycles. The molecule has 6 heteroatoms. The number of rotatable bonds is 2. The van der Waals surface area contributed by atoms with Crippen molar-refractivity contribution < 1.29 is 0 Å². The fourth-order valence-corrected chi connectivity index (χ4v) is 1.89. The number of nitriles is 3. The number of pyridine rings is 1. The van der Waals surface area contributed by atoms with Gasteiger partial charge in [0, 0.05) is 28.4 Å². The van der Waals surface area contributed by atoms with E-state index in [1.54, 1.807) is 43.3 Å². The van der Waals surface area contributed by atoms with Crippen molar-refractivity contribution in [2.24, 2.45) is 0 Å². The van der Waals surface area contributed by atoms with Gasteiger partial charge in [-0.15, -0.1) is 0 Å². The first kappa shape index (κ1) is 13.9. The lowest BCUT2D eigenvalue weighted by atomic mass is 10.1. The van der Waals surface area contributed by atoms with Crippen LogP contribution in [-0.2, 0) is 0 Å². The molecule has 0 saturated heterocycles. The summed E-state index contributed by atoms with van der Waals surface area (Å²) < 4.78 is 0. The minimum Gasteiger partial charge on any atom is -0.358 e. The number of nitrogens with one attached hydrogen (secondary N) is 2. The molecule has 6 nitrogen and oxygen atoms in total.